The van der Waals surface area contributed by atoms with E-state index in [1.54, 1.807) is 0 Å². The minimum Gasteiger partial charge on any atom is -0.482 e. The van der Waals surface area contributed by atoms with Gasteiger partial charge in [0.05, 0.1) is 18.2 Å². The lowest BCUT2D eigenvalue weighted by Crippen LogP contribution is -2.21. The van der Waals surface area contributed by atoms with Crippen LogP contribution in [0.1, 0.15) is 46.0 Å². The van der Waals surface area contributed by atoms with Crippen LogP contribution in [0.4, 0.5) is 0 Å². The number of carboxylic acids is 1. The summed E-state index contributed by atoms with van der Waals surface area (Å²) < 4.78 is 9.99. The van der Waals surface area contributed by atoms with Crippen LogP contribution in [0.15, 0.2) is 48.5 Å². The summed E-state index contributed by atoms with van der Waals surface area (Å²) in [4.78, 5) is 47.3. The number of ketones is 2. The number of esters is 1. The van der Waals surface area contributed by atoms with Crippen LogP contribution in [0, 0.1) is 17.2 Å². The number of Topliss-reactive ketones (excluding diaryl/α,β-unsaturated/α-hetero) is 2. The third-order valence-corrected chi connectivity index (χ3v) is 4.41. The molecule has 8 heteroatoms. The highest BCUT2D eigenvalue weighted by atomic mass is 16.5. The van der Waals surface area contributed by atoms with Gasteiger partial charge in [0.2, 0.25) is 0 Å². The van der Waals surface area contributed by atoms with Gasteiger partial charge in [0.15, 0.2) is 18.2 Å². The lowest BCUT2D eigenvalue weighted by molar-refractivity contribution is -0.141. The number of hydrogen-bond acceptors (Lipinski definition) is 7. The van der Waals surface area contributed by atoms with Crippen LogP contribution >= 0.6 is 0 Å². The van der Waals surface area contributed by atoms with Crippen LogP contribution in [-0.2, 0) is 14.3 Å². The molecular weight excluding hydrogens is 402 g/mol. The standard InChI is InChI=1S/C23H21NO7/c1-15(25)30-11-10-19(12-21(26)17-4-2-16(13-24)3-5-17)23(29)18-6-8-20(9-7-18)31-14-22(27)28/h2-9,19H,10-12,14H2,1H3,(H,27,28). The van der Waals surface area contributed by atoms with E-state index in [4.69, 9.17) is 19.8 Å². The maximum Gasteiger partial charge on any atom is 0.341 e. The van der Waals surface area contributed by atoms with Crippen LogP contribution in [0.25, 0.3) is 0 Å². The Balaban J connectivity index is 2.14. The fraction of sp³-hybridized carbons (Fsp3) is 0.261. The lowest BCUT2D eigenvalue weighted by Gasteiger charge is -2.16. The molecule has 1 unspecified atom stereocenters. The molecule has 2 rings (SSSR count). The fourth-order valence-corrected chi connectivity index (χ4v) is 2.84. The summed E-state index contributed by atoms with van der Waals surface area (Å²) in [6.45, 7) is 0.748. The Morgan fingerprint density at radius 2 is 1.61 bits per heavy atom. The van der Waals surface area contributed by atoms with Gasteiger partial charge in [-0.15, -0.1) is 0 Å². The maximum atomic E-state index is 13.0. The van der Waals surface area contributed by atoms with E-state index in [0.29, 0.717) is 22.4 Å². The van der Waals surface area contributed by atoms with Gasteiger partial charge in [-0.25, -0.2) is 4.79 Å². The maximum absolute atomic E-state index is 13.0. The molecule has 0 aliphatic carbocycles. The molecule has 2 aromatic rings. The molecule has 0 aliphatic rings. The van der Waals surface area contributed by atoms with E-state index >= 15 is 0 Å². The monoisotopic (exact) mass is 423 g/mol. The number of aliphatic carboxylic acids is 1. The SMILES string of the molecule is CC(=O)OCCC(CC(=O)c1ccc(C#N)cc1)C(=O)c1ccc(OCC(=O)O)cc1. The quantitative estimate of drug-likeness (QED) is 0.431. The highest BCUT2D eigenvalue weighted by Crippen LogP contribution is 2.22. The van der Waals surface area contributed by atoms with Crippen molar-refractivity contribution in [3.63, 3.8) is 0 Å². The molecule has 0 aromatic heterocycles. The van der Waals surface area contributed by atoms with Crippen molar-refractivity contribution in [1.82, 2.24) is 0 Å². The number of carbonyl (C=O) groups excluding carboxylic acids is 3. The van der Waals surface area contributed by atoms with Gasteiger partial charge in [0.1, 0.15) is 5.75 Å². The first-order valence-corrected chi connectivity index (χ1v) is 9.45. The van der Waals surface area contributed by atoms with E-state index in [9.17, 15) is 19.2 Å². The number of hydrogen-bond donors (Lipinski definition) is 1. The minimum absolute atomic E-state index is 0.00774. The van der Waals surface area contributed by atoms with E-state index < -0.39 is 24.5 Å². The molecule has 31 heavy (non-hydrogen) atoms. The molecule has 1 N–H and O–H groups in total. The largest absolute Gasteiger partial charge is 0.482 e. The molecule has 0 saturated carbocycles. The zero-order valence-electron chi connectivity index (χ0n) is 16.9. The summed E-state index contributed by atoms with van der Waals surface area (Å²) in [6.07, 6.45) is 0.0704. The van der Waals surface area contributed by atoms with Gasteiger partial charge >= 0.3 is 11.9 Å². The second-order valence-corrected chi connectivity index (χ2v) is 6.71. The molecule has 0 heterocycles. The summed E-state index contributed by atoms with van der Waals surface area (Å²) in [5, 5.41) is 17.5. The second kappa shape index (κ2) is 11.3. The smallest absolute Gasteiger partial charge is 0.341 e. The van der Waals surface area contributed by atoms with E-state index in [0.717, 1.165) is 0 Å². The first-order valence-electron chi connectivity index (χ1n) is 9.45. The molecule has 1 atom stereocenters. The summed E-state index contributed by atoms with van der Waals surface area (Å²) in [5.41, 5.74) is 1.12. The summed E-state index contributed by atoms with van der Waals surface area (Å²) in [5.74, 6) is -2.61. The van der Waals surface area contributed by atoms with Crippen molar-refractivity contribution in [2.24, 2.45) is 5.92 Å². The average molecular weight is 423 g/mol. The first kappa shape index (κ1) is 23.3. The van der Waals surface area contributed by atoms with Crippen molar-refractivity contribution < 1.29 is 33.8 Å². The minimum atomic E-state index is -1.12. The number of benzene rings is 2. The normalized spacial score (nSPS) is 11.1. The van der Waals surface area contributed by atoms with Crippen molar-refractivity contribution in [3.8, 4) is 11.8 Å². The number of nitrogens with zero attached hydrogens (tertiary/aromatic N) is 1. The third-order valence-electron chi connectivity index (χ3n) is 4.41. The van der Waals surface area contributed by atoms with Crippen LogP contribution in [0.2, 0.25) is 0 Å². The Kier molecular flexibility index (Phi) is 8.46. The van der Waals surface area contributed by atoms with Crippen LogP contribution in [-0.4, -0.2) is 41.8 Å². The number of ether oxygens (including phenoxy) is 2. The topological polar surface area (TPSA) is 131 Å². The van der Waals surface area contributed by atoms with E-state index in [1.807, 2.05) is 6.07 Å². The molecule has 0 radical (unpaired) electrons. The highest BCUT2D eigenvalue weighted by Gasteiger charge is 2.24. The van der Waals surface area contributed by atoms with Crippen molar-refractivity contribution >= 4 is 23.5 Å². The van der Waals surface area contributed by atoms with Crippen molar-refractivity contribution in [3.05, 3.63) is 65.2 Å². The summed E-state index contributed by atoms with van der Waals surface area (Å²) in [7, 11) is 0. The number of nitriles is 1. The van der Waals surface area contributed by atoms with Gasteiger partial charge in [-0.2, -0.15) is 5.26 Å². The van der Waals surface area contributed by atoms with Gasteiger partial charge in [-0.3, -0.25) is 14.4 Å². The Hall–Kier alpha value is -3.99. The van der Waals surface area contributed by atoms with Crippen molar-refractivity contribution in [1.29, 1.82) is 5.26 Å². The first-order chi connectivity index (χ1) is 14.8. The van der Waals surface area contributed by atoms with Crippen LogP contribution in [0.5, 0.6) is 5.75 Å². The van der Waals surface area contributed by atoms with Gasteiger partial charge in [0, 0.05) is 30.4 Å². The zero-order valence-corrected chi connectivity index (χ0v) is 16.9. The van der Waals surface area contributed by atoms with Gasteiger partial charge in [0.25, 0.3) is 0 Å². The zero-order chi connectivity index (χ0) is 22.8. The number of rotatable bonds is 11. The van der Waals surface area contributed by atoms with Crippen LogP contribution < -0.4 is 4.74 Å². The summed E-state index contributed by atoms with van der Waals surface area (Å²) >= 11 is 0. The number of carboxylic acid groups (broad SMARTS) is 1. The molecule has 0 fully saturated rings. The molecule has 2 aromatic carbocycles. The van der Waals surface area contributed by atoms with Crippen molar-refractivity contribution in [2.45, 2.75) is 19.8 Å². The molecular formula is C23H21NO7. The van der Waals surface area contributed by atoms with E-state index in [1.165, 1.54) is 55.5 Å². The predicted octanol–water partition coefficient (Wildman–Crippen LogP) is 3.05. The van der Waals surface area contributed by atoms with E-state index in [2.05, 4.69) is 0 Å². The molecule has 0 bridgehead atoms. The molecule has 8 nitrogen and oxygen atoms in total. The molecule has 0 aliphatic heterocycles. The predicted molar refractivity (Wildman–Crippen MR) is 109 cm³/mol. The molecule has 0 saturated heterocycles. The van der Waals surface area contributed by atoms with E-state index in [-0.39, 0.29) is 31.0 Å². The van der Waals surface area contributed by atoms with Gasteiger partial charge in [-0.1, -0.05) is 12.1 Å². The van der Waals surface area contributed by atoms with Crippen molar-refractivity contribution in [2.75, 3.05) is 13.2 Å². The Morgan fingerprint density at radius 1 is 1.00 bits per heavy atom. The second-order valence-electron chi connectivity index (χ2n) is 6.71. The molecule has 160 valence electrons. The van der Waals surface area contributed by atoms with Gasteiger partial charge < -0.3 is 14.6 Å². The lowest BCUT2D eigenvalue weighted by atomic mass is 9.88. The van der Waals surface area contributed by atoms with Crippen LogP contribution in [0.3, 0.4) is 0 Å². The highest BCUT2D eigenvalue weighted by molar-refractivity contribution is 6.03. The Bertz CT molecular complexity index is 988. The Labute approximate surface area is 179 Å². The Morgan fingerprint density at radius 3 is 2.16 bits per heavy atom. The summed E-state index contributed by atoms with van der Waals surface area (Å²) in [6, 6.07) is 14.0. The third kappa shape index (κ3) is 7.40. The van der Waals surface area contributed by atoms with Gasteiger partial charge in [-0.05, 0) is 42.8 Å². The molecule has 0 spiro atoms. The fourth-order valence-electron chi connectivity index (χ4n) is 2.84. The average Bonchev–Trinajstić information content (AvgIpc) is 2.76. The number of carbonyl (C=O) groups is 4. The molecule has 0 amide bonds.